The van der Waals surface area contributed by atoms with Crippen LogP contribution < -0.4 is 6.15 Å². The van der Waals surface area contributed by atoms with Crippen LogP contribution in [0.3, 0.4) is 0 Å². The fourth-order valence-corrected chi connectivity index (χ4v) is 4.22. The van der Waals surface area contributed by atoms with Crippen LogP contribution in [0.25, 0.3) is 0 Å². The standard InChI is InChI=1S/C12H22S.H3N.H2O4S/c1-2-6-11(5-1)9-13-10-12-7-3-4-8-12;;1-5(2,3)4/h11-12H,1-10H2;1H3;(H2,1,2,3,4). The molecule has 2 aliphatic carbocycles. The molecule has 0 atom stereocenters. The Bertz CT molecular complexity index is 286. The molecule has 2 rings (SSSR count). The third-order valence-electron chi connectivity index (χ3n) is 3.66. The summed E-state index contributed by atoms with van der Waals surface area (Å²) in [6, 6.07) is 0. The van der Waals surface area contributed by atoms with Crippen LogP contribution in [0.1, 0.15) is 51.4 Å². The topological polar surface area (TPSA) is 110 Å². The summed E-state index contributed by atoms with van der Waals surface area (Å²) < 4.78 is 31.6. The molecule has 0 aliphatic heterocycles. The third-order valence-corrected chi connectivity index (χ3v) is 5.07. The second kappa shape index (κ2) is 9.99. The molecule has 0 aromatic heterocycles. The van der Waals surface area contributed by atoms with Gasteiger partial charge in [-0.15, -0.1) is 0 Å². The van der Waals surface area contributed by atoms with Gasteiger partial charge in [-0.2, -0.15) is 20.2 Å². The van der Waals surface area contributed by atoms with Crippen LogP contribution in [0.2, 0.25) is 0 Å². The molecule has 5 nitrogen and oxygen atoms in total. The van der Waals surface area contributed by atoms with Crippen molar-refractivity contribution in [1.29, 1.82) is 0 Å². The van der Waals surface area contributed by atoms with Crippen LogP contribution in [0.15, 0.2) is 0 Å². The van der Waals surface area contributed by atoms with Gasteiger partial charge in [-0.1, -0.05) is 25.7 Å². The molecule has 0 amide bonds. The lowest BCUT2D eigenvalue weighted by molar-refractivity contribution is 0.381. The van der Waals surface area contributed by atoms with Gasteiger partial charge in [-0.25, -0.2) is 0 Å². The maximum atomic E-state index is 8.74. The van der Waals surface area contributed by atoms with E-state index < -0.39 is 10.4 Å². The molecular formula is C12H27NO4S2. The first-order chi connectivity index (χ1) is 8.45. The lowest BCUT2D eigenvalue weighted by atomic mass is 10.1. The van der Waals surface area contributed by atoms with Gasteiger partial charge >= 0.3 is 10.4 Å². The molecule has 0 bridgehead atoms. The SMILES string of the molecule is C1CCC(CSCC2CCCC2)C1.N.O=S(=O)(O)O. The van der Waals surface area contributed by atoms with Crippen molar-refractivity contribution in [3.8, 4) is 0 Å². The second-order valence-electron chi connectivity index (χ2n) is 5.29. The Morgan fingerprint density at radius 3 is 1.37 bits per heavy atom. The predicted octanol–water partition coefficient (Wildman–Crippen LogP) is 3.61. The highest BCUT2D eigenvalue weighted by molar-refractivity contribution is 7.99. The minimum Gasteiger partial charge on any atom is -0.344 e. The van der Waals surface area contributed by atoms with Crippen LogP contribution in [-0.2, 0) is 10.4 Å². The zero-order valence-electron chi connectivity index (χ0n) is 11.5. The Balaban J connectivity index is 0.000000471. The van der Waals surface area contributed by atoms with Gasteiger partial charge in [0.05, 0.1) is 0 Å². The molecule has 116 valence electrons. The van der Waals surface area contributed by atoms with E-state index in [9.17, 15) is 0 Å². The molecule has 0 saturated heterocycles. The lowest BCUT2D eigenvalue weighted by Gasteiger charge is -2.11. The van der Waals surface area contributed by atoms with Crippen molar-refractivity contribution < 1.29 is 17.5 Å². The summed E-state index contributed by atoms with van der Waals surface area (Å²) in [6.45, 7) is 0. The summed E-state index contributed by atoms with van der Waals surface area (Å²) >= 11 is 2.25. The molecule has 0 aromatic rings. The highest BCUT2D eigenvalue weighted by atomic mass is 32.3. The summed E-state index contributed by atoms with van der Waals surface area (Å²) in [7, 11) is -4.67. The average molecular weight is 313 g/mol. The summed E-state index contributed by atoms with van der Waals surface area (Å²) in [5, 5.41) is 0. The van der Waals surface area contributed by atoms with Gasteiger partial charge in [0.25, 0.3) is 0 Å². The number of hydrogen-bond donors (Lipinski definition) is 3. The largest absolute Gasteiger partial charge is 0.394 e. The molecular weight excluding hydrogens is 286 g/mol. The summed E-state index contributed by atoms with van der Waals surface area (Å²) in [6.07, 6.45) is 12.1. The number of rotatable bonds is 4. The first kappa shape index (κ1) is 19.2. The fourth-order valence-electron chi connectivity index (χ4n) is 2.76. The van der Waals surface area contributed by atoms with E-state index in [4.69, 9.17) is 17.5 Å². The molecule has 5 N–H and O–H groups in total. The predicted molar refractivity (Wildman–Crippen MR) is 80.4 cm³/mol. The Labute approximate surface area is 121 Å². The zero-order valence-corrected chi connectivity index (χ0v) is 13.1. The highest BCUT2D eigenvalue weighted by Crippen LogP contribution is 2.32. The molecule has 2 fully saturated rings. The molecule has 0 spiro atoms. The third kappa shape index (κ3) is 11.7. The van der Waals surface area contributed by atoms with Crippen molar-refractivity contribution in [2.24, 2.45) is 11.8 Å². The normalized spacial score (nSPS) is 20.7. The van der Waals surface area contributed by atoms with Crippen LogP contribution in [0, 0.1) is 11.8 Å². The first-order valence-corrected chi connectivity index (χ1v) is 9.28. The number of hydrogen-bond acceptors (Lipinski definition) is 4. The van der Waals surface area contributed by atoms with Crippen LogP contribution in [0.5, 0.6) is 0 Å². The molecule has 19 heavy (non-hydrogen) atoms. The average Bonchev–Trinajstić information content (AvgIpc) is 2.86. The van der Waals surface area contributed by atoms with E-state index in [0.717, 1.165) is 11.8 Å². The minimum atomic E-state index is -4.67. The Morgan fingerprint density at radius 2 is 1.11 bits per heavy atom. The van der Waals surface area contributed by atoms with Gasteiger partial charge in [0.15, 0.2) is 0 Å². The van der Waals surface area contributed by atoms with Gasteiger partial charge in [0.2, 0.25) is 0 Å². The monoisotopic (exact) mass is 313 g/mol. The first-order valence-electron chi connectivity index (χ1n) is 6.73. The Morgan fingerprint density at radius 1 is 0.842 bits per heavy atom. The van der Waals surface area contributed by atoms with Gasteiger partial charge in [-0.3, -0.25) is 9.11 Å². The summed E-state index contributed by atoms with van der Waals surface area (Å²) in [4.78, 5) is 0. The summed E-state index contributed by atoms with van der Waals surface area (Å²) in [5.41, 5.74) is 0. The van der Waals surface area contributed by atoms with E-state index in [1.807, 2.05) is 0 Å². The van der Waals surface area contributed by atoms with E-state index in [1.54, 1.807) is 0 Å². The molecule has 0 aromatic carbocycles. The van der Waals surface area contributed by atoms with Crippen molar-refractivity contribution in [2.45, 2.75) is 51.4 Å². The van der Waals surface area contributed by atoms with E-state index in [1.165, 1.54) is 62.9 Å². The van der Waals surface area contributed by atoms with Gasteiger partial charge in [0, 0.05) is 0 Å². The second-order valence-corrected chi connectivity index (χ2v) is 7.26. The fraction of sp³-hybridized carbons (Fsp3) is 1.00. The molecule has 2 saturated carbocycles. The van der Waals surface area contributed by atoms with Crippen molar-refractivity contribution in [1.82, 2.24) is 6.15 Å². The van der Waals surface area contributed by atoms with Gasteiger partial charge < -0.3 is 6.15 Å². The maximum absolute atomic E-state index is 8.74. The van der Waals surface area contributed by atoms with E-state index in [0.29, 0.717) is 0 Å². The van der Waals surface area contributed by atoms with Crippen LogP contribution in [0.4, 0.5) is 0 Å². The number of thioether (sulfide) groups is 1. The van der Waals surface area contributed by atoms with Crippen molar-refractivity contribution >= 4 is 22.2 Å². The van der Waals surface area contributed by atoms with Gasteiger partial charge in [0.1, 0.15) is 0 Å². The van der Waals surface area contributed by atoms with E-state index in [2.05, 4.69) is 11.8 Å². The smallest absolute Gasteiger partial charge is 0.344 e. The van der Waals surface area contributed by atoms with Crippen molar-refractivity contribution in [3.63, 3.8) is 0 Å². The lowest BCUT2D eigenvalue weighted by Crippen LogP contribution is -2.02. The molecule has 2 aliphatic rings. The van der Waals surface area contributed by atoms with Gasteiger partial charge in [-0.05, 0) is 49.0 Å². The minimum absolute atomic E-state index is 0. The maximum Gasteiger partial charge on any atom is 0.394 e. The van der Waals surface area contributed by atoms with Crippen molar-refractivity contribution in [3.05, 3.63) is 0 Å². The van der Waals surface area contributed by atoms with Crippen molar-refractivity contribution in [2.75, 3.05) is 11.5 Å². The van der Waals surface area contributed by atoms with Crippen LogP contribution >= 0.6 is 11.8 Å². The Kier molecular flexibility index (Phi) is 10.1. The van der Waals surface area contributed by atoms with E-state index >= 15 is 0 Å². The quantitative estimate of drug-likeness (QED) is 0.684. The molecule has 0 radical (unpaired) electrons. The molecule has 0 heterocycles. The zero-order chi connectivity index (χ0) is 13.4. The summed E-state index contributed by atoms with van der Waals surface area (Å²) in [5.74, 6) is 5.12. The Hall–Kier alpha value is 0.180. The molecule has 0 unspecified atom stereocenters. The van der Waals surface area contributed by atoms with Crippen LogP contribution in [-0.4, -0.2) is 29.0 Å². The highest BCUT2D eigenvalue weighted by Gasteiger charge is 2.17. The van der Waals surface area contributed by atoms with E-state index in [-0.39, 0.29) is 6.15 Å². The molecule has 7 heteroatoms.